The van der Waals surface area contributed by atoms with Gasteiger partial charge in [-0.2, -0.15) is 0 Å². The van der Waals surface area contributed by atoms with Crippen molar-refractivity contribution in [2.75, 3.05) is 46.1 Å². The molecule has 0 aliphatic rings. The number of nitrogens with zero attached hydrogens (tertiary/aromatic N) is 1. The number of aryl methyl sites for hydroxylation is 1. The maximum atomic E-state index is 13.6. The Balaban J connectivity index is 2.12. The van der Waals surface area contributed by atoms with Gasteiger partial charge in [-0.1, -0.05) is 111 Å². The molecule has 2 amide bonds. The molecule has 0 radical (unpaired) electrons. The first kappa shape index (κ1) is 61.2. The van der Waals surface area contributed by atoms with Gasteiger partial charge in [0, 0.05) is 93.3 Å². The first-order valence-electron chi connectivity index (χ1n) is 25.8. The van der Waals surface area contributed by atoms with E-state index < -0.39 is 22.7 Å². The largest absolute Gasteiger partial charge is 0.481 e. The number of aliphatic carboxylic acids is 1. The number of unbranched alkanes of at least 4 members (excludes halogenated alkanes) is 15. The molecule has 1 heterocycles. The molecule has 6 N–H and O–H groups in total. The summed E-state index contributed by atoms with van der Waals surface area (Å²) in [6.45, 7) is 9.32. The Bertz CT molecular complexity index is 1530. The van der Waals surface area contributed by atoms with E-state index in [1.54, 1.807) is 40.2 Å². The number of rotatable bonds is 47. The molecule has 0 saturated heterocycles. The van der Waals surface area contributed by atoms with E-state index in [2.05, 4.69) is 20.6 Å². The number of carboxylic acid groups (broad SMARTS) is 1. The van der Waals surface area contributed by atoms with Gasteiger partial charge in [0.15, 0.2) is 0 Å². The Morgan fingerprint density at radius 1 is 0.627 bits per heavy atom. The minimum Gasteiger partial charge on any atom is -0.481 e. The molecular weight excluding hydrogens is 855 g/mol. The van der Waals surface area contributed by atoms with Crippen LogP contribution in [0.4, 0.5) is 0 Å². The molecule has 0 aliphatic carbocycles. The van der Waals surface area contributed by atoms with Crippen molar-refractivity contribution >= 4 is 40.9 Å². The second kappa shape index (κ2) is 38.1. The highest BCUT2D eigenvalue weighted by molar-refractivity contribution is 5.96. The number of ketones is 4. The van der Waals surface area contributed by atoms with Gasteiger partial charge < -0.3 is 35.9 Å². The van der Waals surface area contributed by atoms with Crippen LogP contribution in [-0.2, 0) is 49.5 Å². The van der Waals surface area contributed by atoms with E-state index in [-0.39, 0.29) is 80.5 Å². The van der Waals surface area contributed by atoms with Gasteiger partial charge in [0.25, 0.3) is 0 Å². The number of nitrogens with one attached hydrogen (secondary N) is 3. The number of ether oxygens (including phenoxy) is 2. The van der Waals surface area contributed by atoms with Gasteiger partial charge >= 0.3 is 5.97 Å². The number of Topliss-reactive ketones (excluding diaryl/α,β-unsaturated/α-hetero) is 4. The van der Waals surface area contributed by atoms with Gasteiger partial charge in [-0.25, -0.2) is 4.98 Å². The third kappa shape index (κ3) is 33.3. The summed E-state index contributed by atoms with van der Waals surface area (Å²) in [5.74, 6) is -1.64. The minimum absolute atomic E-state index is 0.0115. The molecule has 0 saturated carbocycles. The molecular formula is C52H91N5O10. The Hall–Kier alpha value is -3.82. The van der Waals surface area contributed by atoms with E-state index in [9.17, 15) is 33.6 Å². The number of aromatic amines is 1. The number of H-pyrrole nitrogens is 1. The molecule has 15 heteroatoms. The molecule has 0 unspecified atom stereocenters. The summed E-state index contributed by atoms with van der Waals surface area (Å²) < 4.78 is 11.1. The lowest BCUT2D eigenvalue weighted by Crippen LogP contribution is -2.36. The zero-order valence-corrected chi connectivity index (χ0v) is 42.1. The molecule has 1 rings (SSSR count). The van der Waals surface area contributed by atoms with E-state index in [0.29, 0.717) is 64.8 Å². The number of carbonyl (C=O) groups excluding carboxylic acids is 6. The summed E-state index contributed by atoms with van der Waals surface area (Å²) in [5, 5.41) is 14.5. The summed E-state index contributed by atoms with van der Waals surface area (Å²) in [4.78, 5) is 94.8. The van der Waals surface area contributed by atoms with Crippen LogP contribution >= 0.6 is 0 Å². The van der Waals surface area contributed by atoms with E-state index in [4.69, 9.17) is 20.3 Å². The molecule has 15 nitrogen and oxygen atoms in total. The van der Waals surface area contributed by atoms with Crippen molar-refractivity contribution in [3.05, 3.63) is 18.2 Å². The SMILES string of the molecule is CC(C)(CC(=O)CCc1cnc[nH]1)C(=O)CC(C)(C)C(=O)C[C@@H](CCCCN)C(=O)CCCOCCOCC(=O)NCCCCNC(=O)CCCCCCCCCCCCCCCCC(=O)O. The molecule has 0 aromatic carbocycles. The fraction of sp³-hybridized carbons (Fsp3) is 0.808. The average molecular weight is 946 g/mol. The van der Waals surface area contributed by atoms with Crippen molar-refractivity contribution in [2.45, 2.75) is 207 Å². The van der Waals surface area contributed by atoms with Crippen LogP contribution in [0.3, 0.4) is 0 Å². The maximum absolute atomic E-state index is 13.6. The monoisotopic (exact) mass is 946 g/mol. The summed E-state index contributed by atoms with van der Waals surface area (Å²) in [7, 11) is 0. The van der Waals surface area contributed by atoms with E-state index in [0.717, 1.165) is 63.5 Å². The Kier molecular flexibility index (Phi) is 34.8. The van der Waals surface area contributed by atoms with Crippen molar-refractivity contribution in [1.29, 1.82) is 0 Å². The third-order valence-corrected chi connectivity index (χ3v) is 12.5. The number of amides is 2. The van der Waals surface area contributed by atoms with Gasteiger partial charge in [-0.05, 0) is 57.9 Å². The molecule has 384 valence electrons. The predicted octanol–water partition coefficient (Wildman–Crippen LogP) is 8.74. The molecule has 0 fully saturated rings. The van der Waals surface area contributed by atoms with Gasteiger partial charge in [-0.3, -0.25) is 33.6 Å². The summed E-state index contributed by atoms with van der Waals surface area (Å²) in [6.07, 6.45) is 25.4. The van der Waals surface area contributed by atoms with Gasteiger partial charge in [0.05, 0.1) is 19.5 Å². The molecule has 1 atom stereocenters. The predicted molar refractivity (Wildman–Crippen MR) is 262 cm³/mol. The fourth-order valence-electron chi connectivity index (χ4n) is 7.99. The lowest BCUT2D eigenvalue weighted by molar-refractivity contribution is -0.139. The molecule has 0 bridgehead atoms. The van der Waals surface area contributed by atoms with Crippen LogP contribution < -0.4 is 16.4 Å². The summed E-state index contributed by atoms with van der Waals surface area (Å²) >= 11 is 0. The third-order valence-electron chi connectivity index (χ3n) is 12.5. The van der Waals surface area contributed by atoms with E-state index in [1.807, 2.05) is 0 Å². The van der Waals surface area contributed by atoms with Crippen molar-refractivity contribution in [3.63, 3.8) is 0 Å². The highest BCUT2D eigenvalue weighted by atomic mass is 16.5. The molecule has 1 aromatic heterocycles. The number of aromatic nitrogens is 2. The number of nitrogens with two attached hydrogens (primary N) is 1. The number of hydrogen-bond acceptors (Lipinski definition) is 11. The van der Waals surface area contributed by atoms with Crippen molar-refractivity contribution in [3.8, 4) is 0 Å². The summed E-state index contributed by atoms with van der Waals surface area (Å²) in [5.41, 5.74) is 4.66. The quantitative estimate of drug-likeness (QED) is 0.0386. The van der Waals surface area contributed by atoms with Crippen LogP contribution in [0.5, 0.6) is 0 Å². The van der Waals surface area contributed by atoms with Crippen molar-refractivity contribution < 1.29 is 48.1 Å². The van der Waals surface area contributed by atoms with Gasteiger partial charge in [0.1, 0.15) is 29.7 Å². The van der Waals surface area contributed by atoms with Crippen LogP contribution in [0.15, 0.2) is 12.5 Å². The number of carboxylic acids is 1. The normalized spacial score (nSPS) is 12.2. The zero-order chi connectivity index (χ0) is 49.6. The van der Waals surface area contributed by atoms with Crippen LogP contribution in [0.1, 0.15) is 207 Å². The van der Waals surface area contributed by atoms with Gasteiger partial charge in [-0.15, -0.1) is 0 Å². The fourth-order valence-corrected chi connectivity index (χ4v) is 7.99. The van der Waals surface area contributed by atoms with Crippen molar-refractivity contribution in [1.82, 2.24) is 20.6 Å². The van der Waals surface area contributed by atoms with Crippen LogP contribution in [0.2, 0.25) is 0 Å². The maximum Gasteiger partial charge on any atom is 0.303 e. The van der Waals surface area contributed by atoms with E-state index >= 15 is 0 Å². The number of hydrogen-bond donors (Lipinski definition) is 5. The first-order chi connectivity index (χ1) is 32.1. The van der Waals surface area contributed by atoms with Gasteiger partial charge in [0.2, 0.25) is 11.8 Å². The molecule has 0 spiro atoms. The van der Waals surface area contributed by atoms with Crippen LogP contribution in [0, 0.1) is 16.7 Å². The smallest absolute Gasteiger partial charge is 0.303 e. The molecule has 67 heavy (non-hydrogen) atoms. The Morgan fingerprint density at radius 3 is 1.75 bits per heavy atom. The lowest BCUT2D eigenvalue weighted by atomic mass is 9.72. The van der Waals surface area contributed by atoms with Crippen LogP contribution in [0.25, 0.3) is 0 Å². The molecule has 0 aliphatic heterocycles. The second-order valence-corrected chi connectivity index (χ2v) is 19.8. The zero-order valence-electron chi connectivity index (χ0n) is 42.1. The highest BCUT2D eigenvalue weighted by Crippen LogP contribution is 2.34. The lowest BCUT2D eigenvalue weighted by Gasteiger charge is -2.30. The number of carbonyl (C=O) groups is 7. The van der Waals surface area contributed by atoms with Crippen LogP contribution in [-0.4, -0.2) is 102 Å². The summed E-state index contributed by atoms with van der Waals surface area (Å²) in [6, 6.07) is 0. The Labute approximate surface area is 402 Å². The first-order valence-corrected chi connectivity index (χ1v) is 25.8. The second-order valence-electron chi connectivity index (χ2n) is 19.8. The van der Waals surface area contributed by atoms with Crippen molar-refractivity contribution in [2.24, 2.45) is 22.5 Å². The Morgan fingerprint density at radius 2 is 1.18 bits per heavy atom. The topological polar surface area (TPSA) is 237 Å². The highest BCUT2D eigenvalue weighted by Gasteiger charge is 2.38. The average Bonchev–Trinajstić information content (AvgIpc) is 3.80. The standard InChI is InChI=1S/C52H91N5O10/c1-51(2,37-44(58)29-28-43-39-54-41-57-43)47(61)38-52(3,4)46(60)36-42(24-19-20-30-53)45(59)25-23-33-66-34-35-67-40-49(63)56-32-22-21-31-55-48(62)26-17-15-13-11-9-7-5-6-8-10-12-14-16-18-27-50(64)65/h39,41-42H,5-38,40,53H2,1-4H3,(H,54,57)(H,55,62)(H,56,63)(H,64,65)/t42-/m1/s1. The van der Waals surface area contributed by atoms with E-state index in [1.165, 1.54) is 57.8 Å². The molecule has 1 aromatic rings. The number of imidazole rings is 1. The minimum atomic E-state index is -0.989.